The van der Waals surface area contributed by atoms with Crippen molar-refractivity contribution in [2.75, 3.05) is 0 Å². The third-order valence-electron chi connectivity index (χ3n) is 2.32. The van der Waals surface area contributed by atoms with Crippen LogP contribution in [0.1, 0.15) is 33.1 Å². The molecule has 0 aromatic heterocycles. The standard InChI is InChI=1S/C11H18S/c1-3-4-5-6-7-11-10(2)8-9-12-11/h3-4,8-11H,5-7H2,1-2H3. The third-order valence-corrected chi connectivity index (χ3v) is 3.65. The molecule has 1 aliphatic heterocycles. The topological polar surface area (TPSA) is 0 Å². The zero-order valence-electron chi connectivity index (χ0n) is 7.99. The smallest absolute Gasteiger partial charge is 0.0149 e. The van der Waals surface area contributed by atoms with Crippen molar-refractivity contribution >= 4 is 11.8 Å². The molecule has 0 fully saturated rings. The lowest BCUT2D eigenvalue weighted by molar-refractivity contribution is 0.610. The molecule has 0 nitrogen and oxygen atoms in total. The molecule has 0 aromatic rings. The molecule has 0 aliphatic carbocycles. The molecule has 1 heterocycles. The van der Waals surface area contributed by atoms with Gasteiger partial charge in [-0.15, -0.1) is 11.8 Å². The molecular weight excluding hydrogens is 164 g/mol. The fraction of sp³-hybridized carbons (Fsp3) is 0.636. The molecule has 0 amide bonds. The van der Waals surface area contributed by atoms with Gasteiger partial charge in [-0.2, -0.15) is 0 Å². The van der Waals surface area contributed by atoms with E-state index in [9.17, 15) is 0 Å². The van der Waals surface area contributed by atoms with Gasteiger partial charge in [-0.05, 0) is 37.5 Å². The van der Waals surface area contributed by atoms with Crippen LogP contribution in [-0.4, -0.2) is 5.25 Å². The molecule has 0 N–H and O–H groups in total. The first-order chi connectivity index (χ1) is 5.84. The van der Waals surface area contributed by atoms with Gasteiger partial charge in [-0.3, -0.25) is 0 Å². The van der Waals surface area contributed by atoms with Gasteiger partial charge in [0.1, 0.15) is 0 Å². The van der Waals surface area contributed by atoms with E-state index >= 15 is 0 Å². The number of unbranched alkanes of at least 4 members (excludes halogenated alkanes) is 1. The first-order valence-electron chi connectivity index (χ1n) is 4.78. The minimum atomic E-state index is 0.792. The Morgan fingerprint density at radius 3 is 2.92 bits per heavy atom. The number of rotatable bonds is 4. The molecule has 0 aromatic carbocycles. The average Bonchev–Trinajstić information content (AvgIpc) is 2.46. The van der Waals surface area contributed by atoms with Gasteiger partial charge in [0.05, 0.1) is 0 Å². The second-order valence-corrected chi connectivity index (χ2v) is 4.51. The highest BCUT2D eigenvalue weighted by Crippen LogP contribution is 2.32. The second-order valence-electron chi connectivity index (χ2n) is 3.36. The summed E-state index contributed by atoms with van der Waals surface area (Å²) >= 11 is 2.00. The number of thioether (sulfide) groups is 1. The van der Waals surface area contributed by atoms with Crippen molar-refractivity contribution in [3.8, 4) is 0 Å². The van der Waals surface area contributed by atoms with Crippen LogP contribution in [0.3, 0.4) is 0 Å². The normalized spacial score (nSPS) is 28.8. The summed E-state index contributed by atoms with van der Waals surface area (Å²) in [6.45, 7) is 4.41. The first kappa shape index (κ1) is 9.91. The van der Waals surface area contributed by atoms with Gasteiger partial charge in [-0.1, -0.05) is 25.2 Å². The van der Waals surface area contributed by atoms with Crippen LogP contribution >= 0.6 is 11.8 Å². The van der Waals surface area contributed by atoms with E-state index < -0.39 is 0 Å². The summed E-state index contributed by atoms with van der Waals surface area (Å²) in [6.07, 6.45) is 10.7. The molecule has 0 saturated heterocycles. The van der Waals surface area contributed by atoms with Gasteiger partial charge >= 0.3 is 0 Å². The zero-order valence-corrected chi connectivity index (χ0v) is 8.81. The van der Waals surface area contributed by atoms with E-state index in [4.69, 9.17) is 0 Å². The summed E-state index contributed by atoms with van der Waals surface area (Å²) in [7, 11) is 0. The fourth-order valence-electron chi connectivity index (χ4n) is 1.45. The van der Waals surface area contributed by atoms with E-state index in [2.05, 4.69) is 37.5 Å². The van der Waals surface area contributed by atoms with Crippen molar-refractivity contribution < 1.29 is 0 Å². The van der Waals surface area contributed by atoms with Gasteiger partial charge in [0, 0.05) is 5.25 Å². The van der Waals surface area contributed by atoms with E-state index in [0.29, 0.717) is 0 Å². The Bertz CT molecular complexity index is 170. The van der Waals surface area contributed by atoms with Crippen LogP contribution in [0.25, 0.3) is 0 Å². The lowest BCUT2D eigenvalue weighted by Crippen LogP contribution is -2.07. The number of allylic oxidation sites excluding steroid dienone is 3. The predicted octanol–water partition coefficient (Wildman–Crippen LogP) is 4.00. The molecule has 0 saturated carbocycles. The van der Waals surface area contributed by atoms with Crippen molar-refractivity contribution in [2.24, 2.45) is 5.92 Å². The van der Waals surface area contributed by atoms with Crippen LogP contribution in [0.4, 0.5) is 0 Å². The Morgan fingerprint density at radius 2 is 2.33 bits per heavy atom. The van der Waals surface area contributed by atoms with E-state index in [1.807, 2.05) is 11.8 Å². The molecule has 2 atom stereocenters. The molecule has 1 rings (SSSR count). The van der Waals surface area contributed by atoms with Crippen LogP contribution in [-0.2, 0) is 0 Å². The van der Waals surface area contributed by atoms with Crippen LogP contribution in [0.5, 0.6) is 0 Å². The predicted molar refractivity (Wildman–Crippen MR) is 58.3 cm³/mol. The minimum Gasteiger partial charge on any atom is -0.130 e. The highest BCUT2D eigenvalue weighted by molar-refractivity contribution is 8.03. The van der Waals surface area contributed by atoms with E-state index in [-0.39, 0.29) is 0 Å². The maximum atomic E-state index is 2.32. The van der Waals surface area contributed by atoms with Gasteiger partial charge in [-0.25, -0.2) is 0 Å². The molecule has 0 radical (unpaired) electrons. The molecule has 0 bridgehead atoms. The van der Waals surface area contributed by atoms with Gasteiger partial charge in [0.25, 0.3) is 0 Å². The van der Waals surface area contributed by atoms with Gasteiger partial charge in [0.15, 0.2) is 0 Å². The lowest BCUT2D eigenvalue weighted by atomic mass is 10.0. The quantitative estimate of drug-likeness (QED) is 0.468. The van der Waals surface area contributed by atoms with Crippen molar-refractivity contribution in [3.63, 3.8) is 0 Å². The van der Waals surface area contributed by atoms with Gasteiger partial charge < -0.3 is 0 Å². The number of hydrogen-bond donors (Lipinski definition) is 0. The van der Waals surface area contributed by atoms with Crippen LogP contribution in [0, 0.1) is 5.92 Å². The molecule has 12 heavy (non-hydrogen) atoms. The third kappa shape index (κ3) is 3.06. The molecule has 1 heteroatoms. The Hall–Kier alpha value is -0.170. The maximum absolute atomic E-state index is 2.32. The molecule has 0 spiro atoms. The summed E-state index contributed by atoms with van der Waals surface area (Å²) in [6, 6.07) is 0. The monoisotopic (exact) mass is 182 g/mol. The fourth-order valence-corrected chi connectivity index (χ4v) is 2.63. The SMILES string of the molecule is CC=CCCCC1SC=CC1C. The Morgan fingerprint density at radius 1 is 1.50 bits per heavy atom. The summed E-state index contributed by atoms with van der Waals surface area (Å²) in [5.74, 6) is 0.792. The summed E-state index contributed by atoms with van der Waals surface area (Å²) in [5, 5.41) is 3.11. The Balaban J connectivity index is 2.08. The molecule has 2 unspecified atom stereocenters. The van der Waals surface area contributed by atoms with E-state index in [1.54, 1.807) is 0 Å². The minimum absolute atomic E-state index is 0.792. The highest BCUT2D eigenvalue weighted by atomic mass is 32.2. The van der Waals surface area contributed by atoms with Crippen molar-refractivity contribution in [1.29, 1.82) is 0 Å². The van der Waals surface area contributed by atoms with Gasteiger partial charge in [0.2, 0.25) is 0 Å². The van der Waals surface area contributed by atoms with Crippen molar-refractivity contribution in [2.45, 2.75) is 38.4 Å². The first-order valence-corrected chi connectivity index (χ1v) is 5.72. The van der Waals surface area contributed by atoms with Crippen molar-refractivity contribution in [1.82, 2.24) is 0 Å². The largest absolute Gasteiger partial charge is 0.130 e. The van der Waals surface area contributed by atoms with Crippen LogP contribution in [0.2, 0.25) is 0 Å². The average molecular weight is 182 g/mol. The van der Waals surface area contributed by atoms with Crippen LogP contribution in [0.15, 0.2) is 23.6 Å². The molecule has 1 aliphatic rings. The Kier molecular flexibility index (Phi) is 4.52. The summed E-state index contributed by atoms with van der Waals surface area (Å²) in [4.78, 5) is 0. The summed E-state index contributed by atoms with van der Waals surface area (Å²) < 4.78 is 0. The highest BCUT2D eigenvalue weighted by Gasteiger charge is 2.17. The zero-order chi connectivity index (χ0) is 8.81. The van der Waals surface area contributed by atoms with Crippen molar-refractivity contribution in [3.05, 3.63) is 23.6 Å². The second kappa shape index (κ2) is 5.47. The number of hydrogen-bond acceptors (Lipinski definition) is 1. The molecular formula is C11H18S. The molecule has 68 valence electrons. The van der Waals surface area contributed by atoms with Crippen LogP contribution < -0.4 is 0 Å². The summed E-state index contributed by atoms with van der Waals surface area (Å²) in [5.41, 5.74) is 0. The van der Waals surface area contributed by atoms with E-state index in [1.165, 1.54) is 19.3 Å². The Labute approximate surface area is 80.1 Å². The maximum Gasteiger partial charge on any atom is 0.0149 e. The lowest BCUT2D eigenvalue weighted by Gasteiger charge is -2.12. The van der Waals surface area contributed by atoms with E-state index in [0.717, 1.165) is 11.2 Å².